The molecule has 0 aliphatic rings. The Balaban J connectivity index is 2.68. The summed E-state index contributed by atoms with van der Waals surface area (Å²) in [5.41, 5.74) is 5.18. The SMILES string of the molecule is CCc1nc(CC)n(-c2ncnc(N)c2[N+](=O)[O-])n1. The summed E-state index contributed by atoms with van der Waals surface area (Å²) in [5, 5.41) is 15.3. The van der Waals surface area contributed by atoms with E-state index in [4.69, 9.17) is 5.73 Å². The molecular weight excluding hydrogens is 250 g/mol. The van der Waals surface area contributed by atoms with Gasteiger partial charge in [-0.25, -0.2) is 15.0 Å². The molecule has 9 nitrogen and oxygen atoms in total. The Labute approximate surface area is 108 Å². The minimum absolute atomic E-state index is 0.0431. The second kappa shape index (κ2) is 4.96. The molecule has 0 saturated heterocycles. The van der Waals surface area contributed by atoms with Gasteiger partial charge in [0.15, 0.2) is 5.82 Å². The molecule has 0 radical (unpaired) electrons. The van der Waals surface area contributed by atoms with Crippen LogP contribution < -0.4 is 5.73 Å². The average Bonchev–Trinajstić information content (AvgIpc) is 2.81. The predicted octanol–water partition coefficient (Wildman–Crippen LogP) is 0.672. The summed E-state index contributed by atoms with van der Waals surface area (Å²) in [6, 6.07) is 0. The van der Waals surface area contributed by atoms with Gasteiger partial charge in [-0.05, 0) is 0 Å². The van der Waals surface area contributed by atoms with E-state index in [9.17, 15) is 10.1 Å². The second-order valence-corrected chi connectivity index (χ2v) is 3.75. The zero-order chi connectivity index (χ0) is 14.0. The Morgan fingerprint density at radius 1 is 1.37 bits per heavy atom. The van der Waals surface area contributed by atoms with Crippen molar-refractivity contribution in [2.75, 3.05) is 5.73 Å². The molecule has 0 aromatic carbocycles. The number of hydrogen-bond donors (Lipinski definition) is 1. The topological polar surface area (TPSA) is 126 Å². The maximum absolute atomic E-state index is 11.1. The summed E-state index contributed by atoms with van der Waals surface area (Å²) >= 11 is 0. The molecule has 0 aliphatic heterocycles. The number of hydrogen-bond acceptors (Lipinski definition) is 7. The van der Waals surface area contributed by atoms with Gasteiger partial charge in [-0.3, -0.25) is 10.1 Å². The number of nitrogens with zero attached hydrogens (tertiary/aromatic N) is 6. The Kier molecular flexibility index (Phi) is 3.36. The normalized spacial score (nSPS) is 10.6. The monoisotopic (exact) mass is 263 g/mol. The lowest BCUT2D eigenvalue weighted by atomic mass is 10.4. The first-order chi connectivity index (χ1) is 9.08. The van der Waals surface area contributed by atoms with E-state index in [1.807, 2.05) is 13.8 Å². The predicted molar refractivity (Wildman–Crippen MR) is 66.8 cm³/mol. The van der Waals surface area contributed by atoms with Gasteiger partial charge in [0.25, 0.3) is 0 Å². The Morgan fingerprint density at radius 2 is 2.11 bits per heavy atom. The maximum atomic E-state index is 11.1. The van der Waals surface area contributed by atoms with Crippen LogP contribution in [-0.2, 0) is 12.8 Å². The Hall–Kier alpha value is -2.58. The number of nitro groups is 1. The van der Waals surface area contributed by atoms with Gasteiger partial charge in [0, 0.05) is 12.8 Å². The van der Waals surface area contributed by atoms with Gasteiger partial charge in [0.05, 0.1) is 4.92 Å². The van der Waals surface area contributed by atoms with E-state index >= 15 is 0 Å². The third-order valence-corrected chi connectivity index (χ3v) is 2.56. The van der Waals surface area contributed by atoms with E-state index in [0.717, 1.165) is 0 Å². The highest BCUT2D eigenvalue weighted by Crippen LogP contribution is 2.25. The molecule has 2 aromatic heterocycles. The number of aryl methyl sites for hydroxylation is 2. The van der Waals surface area contributed by atoms with E-state index in [2.05, 4.69) is 20.1 Å². The summed E-state index contributed by atoms with van der Waals surface area (Å²) in [6.45, 7) is 3.79. The van der Waals surface area contributed by atoms with Crippen LogP contribution in [0.4, 0.5) is 11.5 Å². The van der Waals surface area contributed by atoms with Crippen molar-refractivity contribution >= 4 is 11.5 Å². The van der Waals surface area contributed by atoms with Crippen molar-refractivity contribution in [1.82, 2.24) is 24.7 Å². The van der Waals surface area contributed by atoms with Crippen LogP contribution in [-0.4, -0.2) is 29.7 Å². The lowest BCUT2D eigenvalue weighted by Crippen LogP contribution is -2.10. The van der Waals surface area contributed by atoms with Crippen LogP contribution in [0.15, 0.2) is 6.33 Å². The summed E-state index contributed by atoms with van der Waals surface area (Å²) in [5.74, 6) is 1.05. The van der Waals surface area contributed by atoms with Gasteiger partial charge in [0.1, 0.15) is 12.2 Å². The summed E-state index contributed by atoms with van der Waals surface area (Å²) in [6.07, 6.45) is 2.38. The van der Waals surface area contributed by atoms with Gasteiger partial charge in [-0.2, -0.15) is 4.68 Å². The molecule has 2 rings (SSSR count). The Morgan fingerprint density at radius 3 is 2.68 bits per heavy atom. The molecule has 0 fully saturated rings. The fourth-order valence-electron chi connectivity index (χ4n) is 1.65. The van der Waals surface area contributed by atoms with Gasteiger partial charge in [-0.15, -0.1) is 5.10 Å². The first-order valence-electron chi connectivity index (χ1n) is 5.78. The molecule has 0 amide bonds. The first-order valence-corrected chi connectivity index (χ1v) is 5.78. The van der Waals surface area contributed by atoms with Crippen molar-refractivity contribution in [3.8, 4) is 5.82 Å². The van der Waals surface area contributed by atoms with Crippen LogP contribution in [0.25, 0.3) is 5.82 Å². The Bertz CT molecular complexity index is 622. The van der Waals surface area contributed by atoms with E-state index < -0.39 is 4.92 Å². The zero-order valence-electron chi connectivity index (χ0n) is 10.6. The van der Waals surface area contributed by atoms with E-state index in [1.165, 1.54) is 11.0 Å². The highest BCUT2D eigenvalue weighted by molar-refractivity contribution is 5.61. The summed E-state index contributed by atoms with van der Waals surface area (Å²) in [7, 11) is 0. The molecule has 19 heavy (non-hydrogen) atoms. The fraction of sp³-hybridized carbons (Fsp3) is 0.400. The molecule has 0 atom stereocenters. The fourth-order valence-corrected chi connectivity index (χ4v) is 1.65. The van der Waals surface area contributed by atoms with E-state index in [1.54, 1.807) is 0 Å². The van der Waals surface area contributed by atoms with Crippen LogP contribution in [0.2, 0.25) is 0 Å². The third kappa shape index (κ3) is 2.21. The molecule has 0 spiro atoms. The number of nitrogens with two attached hydrogens (primary N) is 1. The number of aromatic nitrogens is 5. The quantitative estimate of drug-likeness (QED) is 0.634. The molecule has 0 bridgehead atoms. The molecule has 2 N–H and O–H groups in total. The minimum atomic E-state index is -0.614. The van der Waals surface area contributed by atoms with Crippen LogP contribution >= 0.6 is 0 Å². The molecule has 0 unspecified atom stereocenters. The molecule has 0 aliphatic carbocycles. The van der Waals surface area contributed by atoms with Gasteiger partial charge in [0.2, 0.25) is 11.6 Å². The lowest BCUT2D eigenvalue weighted by molar-refractivity contribution is -0.384. The molecule has 2 heterocycles. The molecular formula is C10H13N7O2. The number of anilines is 1. The molecule has 9 heteroatoms. The smallest absolute Gasteiger partial charge is 0.355 e. The molecule has 100 valence electrons. The first kappa shape index (κ1) is 12.9. The van der Waals surface area contributed by atoms with E-state index in [0.29, 0.717) is 24.5 Å². The molecule has 2 aromatic rings. The van der Waals surface area contributed by atoms with E-state index in [-0.39, 0.29) is 17.3 Å². The van der Waals surface area contributed by atoms with Crippen LogP contribution in [0.3, 0.4) is 0 Å². The van der Waals surface area contributed by atoms with Crippen LogP contribution in [0.5, 0.6) is 0 Å². The van der Waals surface area contributed by atoms with Crippen LogP contribution in [0, 0.1) is 10.1 Å². The van der Waals surface area contributed by atoms with Crippen molar-refractivity contribution in [3.63, 3.8) is 0 Å². The van der Waals surface area contributed by atoms with Gasteiger partial charge in [-0.1, -0.05) is 13.8 Å². The number of rotatable bonds is 4. The second-order valence-electron chi connectivity index (χ2n) is 3.75. The van der Waals surface area contributed by atoms with Crippen molar-refractivity contribution in [2.45, 2.75) is 26.7 Å². The lowest BCUT2D eigenvalue weighted by Gasteiger charge is -2.04. The minimum Gasteiger partial charge on any atom is -0.378 e. The maximum Gasteiger partial charge on any atom is 0.355 e. The average molecular weight is 263 g/mol. The number of nitrogen functional groups attached to an aromatic ring is 1. The van der Waals surface area contributed by atoms with Crippen molar-refractivity contribution in [3.05, 3.63) is 28.1 Å². The van der Waals surface area contributed by atoms with Crippen LogP contribution in [0.1, 0.15) is 25.5 Å². The molecule has 0 saturated carbocycles. The highest BCUT2D eigenvalue weighted by Gasteiger charge is 2.25. The summed E-state index contributed by atoms with van der Waals surface area (Å²) < 4.78 is 1.36. The van der Waals surface area contributed by atoms with Crippen molar-refractivity contribution in [1.29, 1.82) is 0 Å². The third-order valence-electron chi connectivity index (χ3n) is 2.56. The standard InChI is InChI=1S/C10H13N7O2/c1-3-6-14-7(4-2)16(15-6)10-8(17(18)19)9(11)12-5-13-10/h5H,3-4H2,1-2H3,(H2,11,12,13). The van der Waals surface area contributed by atoms with Crippen molar-refractivity contribution < 1.29 is 4.92 Å². The zero-order valence-corrected chi connectivity index (χ0v) is 10.6. The largest absolute Gasteiger partial charge is 0.378 e. The highest BCUT2D eigenvalue weighted by atomic mass is 16.6. The van der Waals surface area contributed by atoms with Gasteiger partial charge < -0.3 is 5.73 Å². The summed E-state index contributed by atoms with van der Waals surface area (Å²) in [4.78, 5) is 22.3. The van der Waals surface area contributed by atoms with Gasteiger partial charge >= 0.3 is 5.69 Å². The van der Waals surface area contributed by atoms with Crippen molar-refractivity contribution in [2.24, 2.45) is 0 Å².